The zero-order chi connectivity index (χ0) is 9.97. The first-order valence-corrected chi connectivity index (χ1v) is 4.47. The fourth-order valence-corrected chi connectivity index (χ4v) is 1.41. The molecule has 2 aromatic rings. The molecule has 2 radical (unpaired) electrons. The Kier molecular flexibility index (Phi) is 2.31. The number of rotatable bonds is 1. The van der Waals surface area contributed by atoms with Crippen molar-refractivity contribution in [2.75, 3.05) is 0 Å². The monoisotopic (exact) mass is 181 g/mol. The number of hydrogen-bond donors (Lipinski definition) is 0. The quantitative estimate of drug-likeness (QED) is 0.605. The van der Waals surface area contributed by atoms with Crippen molar-refractivity contribution < 1.29 is 4.48 Å². The molecule has 0 spiro atoms. The van der Waals surface area contributed by atoms with Crippen molar-refractivity contribution >= 4 is 7.98 Å². The number of aryl methyl sites for hydroxylation is 1. The number of hydrogen-bond acceptors (Lipinski definition) is 1. The molecule has 0 aromatic carbocycles. The van der Waals surface area contributed by atoms with Gasteiger partial charge in [-0.05, 0) is 30.7 Å². The van der Waals surface area contributed by atoms with Crippen LogP contribution in [0.25, 0.3) is 11.4 Å². The van der Waals surface area contributed by atoms with Crippen molar-refractivity contribution in [2.24, 2.45) is 0 Å². The van der Waals surface area contributed by atoms with Gasteiger partial charge in [-0.25, -0.2) is 4.98 Å². The van der Waals surface area contributed by atoms with E-state index in [9.17, 15) is 0 Å². The molecule has 2 heterocycles. The fourth-order valence-electron chi connectivity index (χ4n) is 1.41. The molecular weight excluding hydrogens is 171 g/mol. The molecule has 0 saturated heterocycles. The maximum Gasteiger partial charge on any atom is 0.586 e. The topological polar surface area (TPSA) is 16.8 Å². The van der Waals surface area contributed by atoms with Crippen LogP contribution in [0, 0.1) is 6.92 Å². The Balaban J connectivity index is 2.61. The lowest BCUT2D eigenvalue weighted by atomic mass is 10.1. The lowest BCUT2D eigenvalue weighted by Gasteiger charge is -2.02. The summed E-state index contributed by atoms with van der Waals surface area (Å²) in [6.07, 6.45) is 3.58. The molecule has 3 heteroatoms. The van der Waals surface area contributed by atoms with E-state index >= 15 is 0 Å². The molecule has 2 aromatic heterocycles. The summed E-state index contributed by atoms with van der Waals surface area (Å²) in [4.78, 5) is 4.31. The second kappa shape index (κ2) is 3.62. The third kappa shape index (κ3) is 1.53. The molecule has 0 fully saturated rings. The van der Waals surface area contributed by atoms with Gasteiger partial charge < -0.3 is 0 Å². The van der Waals surface area contributed by atoms with Gasteiger partial charge in [-0.15, -0.1) is 0 Å². The third-order valence-electron chi connectivity index (χ3n) is 2.14. The van der Waals surface area contributed by atoms with Crippen LogP contribution in [-0.4, -0.2) is 13.0 Å². The first-order chi connectivity index (χ1) is 6.79. The third-order valence-corrected chi connectivity index (χ3v) is 2.14. The molecule has 0 saturated carbocycles. The molecule has 66 valence electrons. The largest absolute Gasteiger partial charge is 0.586 e. The van der Waals surface area contributed by atoms with Gasteiger partial charge in [-0.2, -0.15) is 0 Å². The summed E-state index contributed by atoms with van der Waals surface area (Å²) in [5, 5.41) is 0. The standard InChI is InChI=1S/C11H10BN2/c1-9-5-4-7-13-11(9)10-6-2-3-8-14(10)12/h2-8H,1H3/q+1. The van der Waals surface area contributed by atoms with Gasteiger partial charge in [0.1, 0.15) is 11.9 Å². The van der Waals surface area contributed by atoms with E-state index < -0.39 is 0 Å². The summed E-state index contributed by atoms with van der Waals surface area (Å²) >= 11 is 0. The maximum atomic E-state index is 5.80. The number of nitrogens with zero attached hydrogens (tertiary/aromatic N) is 2. The summed E-state index contributed by atoms with van der Waals surface area (Å²) in [5.41, 5.74) is 2.97. The molecule has 0 aliphatic rings. The van der Waals surface area contributed by atoms with Crippen LogP contribution in [-0.2, 0) is 0 Å². The minimum atomic E-state index is 0.922. The molecule has 0 aliphatic carbocycles. The average Bonchev–Trinajstić information content (AvgIpc) is 2.20. The first-order valence-electron chi connectivity index (χ1n) is 4.47. The summed E-state index contributed by atoms with van der Waals surface area (Å²) in [6.45, 7) is 2.02. The molecule has 14 heavy (non-hydrogen) atoms. The lowest BCUT2D eigenvalue weighted by Crippen LogP contribution is -2.33. The Bertz CT molecular complexity index is 411. The number of aromatic nitrogens is 2. The van der Waals surface area contributed by atoms with E-state index in [1.54, 1.807) is 10.7 Å². The summed E-state index contributed by atoms with van der Waals surface area (Å²) in [6, 6.07) is 9.74. The van der Waals surface area contributed by atoms with Crippen molar-refractivity contribution in [3.05, 3.63) is 48.3 Å². The second-order valence-electron chi connectivity index (χ2n) is 3.16. The SMILES string of the molecule is [B][n+]1ccccc1-c1ncccc1C. The van der Waals surface area contributed by atoms with Crippen LogP contribution < -0.4 is 4.48 Å². The molecule has 0 amide bonds. The Morgan fingerprint density at radius 1 is 1.21 bits per heavy atom. The Hall–Kier alpha value is -1.64. The van der Waals surface area contributed by atoms with Crippen molar-refractivity contribution in [3.8, 4) is 11.4 Å². The van der Waals surface area contributed by atoms with Crippen LogP contribution in [0.5, 0.6) is 0 Å². The van der Waals surface area contributed by atoms with Gasteiger partial charge in [0, 0.05) is 12.3 Å². The molecular formula is C11H10BN2+. The highest BCUT2D eigenvalue weighted by Gasteiger charge is 2.11. The highest BCUT2D eigenvalue weighted by Crippen LogP contribution is 2.15. The van der Waals surface area contributed by atoms with E-state index in [0.717, 1.165) is 17.0 Å². The van der Waals surface area contributed by atoms with E-state index in [0.29, 0.717) is 0 Å². The van der Waals surface area contributed by atoms with Crippen LogP contribution in [0.15, 0.2) is 42.7 Å². The van der Waals surface area contributed by atoms with Crippen molar-refractivity contribution in [2.45, 2.75) is 6.92 Å². The smallest absolute Gasteiger partial charge is 0.285 e. The predicted octanol–water partition coefficient (Wildman–Crippen LogP) is 1.28. The van der Waals surface area contributed by atoms with E-state index in [1.807, 2.05) is 43.5 Å². The van der Waals surface area contributed by atoms with Gasteiger partial charge in [0.15, 0.2) is 0 Å². The molecule has 0 aliphatic heterocycles. The van der Waals surface area contributed by atoms with Crippen LogP contribution >= 0.6 is 0 Å². The van der Waals surface area contributed by atoms with Crippen LogP contribution in [0.2, 0.25) is 0 Å². The predicted molar refractivity (Wildman–Crippen MR) is 55.8 cm³/mol. The van der Waals surface area contributed by atoms with Gasteiger partial charge >= 0.3 is 7.98 Å². The summed E-state index contributed by atoms with van der Waals surface area (Å²) < 4.78 is 1.58. The molecule has 0 N–H and O–H groups in total. The molecule has 2 nitrogen and oxygen atoms in total. The zero-order valence-corrected chi connectivity index (χ0v) is 8.01. The van der Waals surface area contributed by atoms with E-state index in [4.69, 9.17) is 7.98 Å². The lowest BCUT2D eigenvalue weighted by molar-refractivity contribution is -0.509. The second-order valence-corrected chi connectivity index (χ2v) is 3.16. The van der Waals surface area contributed by atoms with Gasteiger partial charge in [-0.3, -0.25) is 4.48 Å². The molecule has 0 bridgehead atoms. The van der Waals surface area contributed by atoms with Gasteiger partial charge in [0.2, 0.25) is 5.69 Å². The summed E-state index contributed by atoms with van der Waals surface area (Å²) in [7, 11) is 5.80. The van der Waals surface area contributed by atoms with Crippen molar-refractivity contribution in [1.82, 2.24) is 4.98 Å². The van der Waals surface area contributed by atoms with Crippen molar-refractivity contribution in [1.29, 1.82) is 0 Å². The van der Waals surface area contributed by atoms with Crippen LogP contribution in [0.1, 0.15) is 5.56 Å². The minimum Gasteiger partial charge on any atom is -0.285 e. The van der Waals surface area contributed by atoms with Gasteiger partial charge in [0.25, 0.3) is 0 Å². The van der Waals surface area contributed by atoms with E-state index in [-0.39, 0.29) is 0 Å². The normalized spacial score (nSPS) is 10.1. The molecule has 2 rings (SSSR count). The van der Waals surface area contributed by atoms with Crippen LogP contribution in [0.4, 0.5) is 0 Å². The highest BCUT2D eigenvalue weighted by atomic mass is 14.9. The first kappa shape index (κ1) is 8.94. The molecule has 0 atom stereocenters. The van der Waals surface area contributed by atoms with Crippen LogP contribution in [0.3, 0.4) is 0 Å². The van der Waals surface area contributed by atoms with E-state index in [1.165, 1.54) is 0 Å². The van der Waals surface area contributed by atoms with Gasteiger partial charge in [-0.1, -0.05) is 6.07 Å². The fraction of sp³-hybridized carbons (Fsp3) is 0.0909. The van der Waals surface area contributed by atoms with Gasteiger partial charge in [0.05, 0.1) is 0 Å². The number of pyridine rings is 2. The highest BCUT2D eigenvalue weighted by molar-refractivity contribution is 5.95. The zero-order valence-electron chi connectivity index (χ0n) is 8.01. The average molecular weight is 181 g/mol. The minimum absolute atomic E-state index is 0.922. The summed E-state index contributed by atoms with van der Waals surface area (Å²) in [5.74, 6) is 0. The van der Waals surface area contributed by atoms with E-state index in [2.05, 4.69) is 4.98 Å². The Morgan fingerprint density at radius 3 is 2.79 bits per heavy atom. The maximum absolute atomic E-state index is 5.80. The van der Waals surface area contributed by atoms with Crippen molar-refractivity contribution in [3.63, 3.8) is 0 Å². The molecule has 0 unspecified atom stereocenters. The Labute approximate surface area is 84.7 Å². The Morgan fingerprint density at radius 2 is 2.07 bits per heavy atom.